The number of alkyl halides is 1. The third-order valence-corrected chi connectivity index (χ3v) is 1.85. The molecule has 0 spiro atoms. The molecular formula is C11H11ClO. The Bertz CT molecular complexity index is 305. The Morgan fingerprint density at radius 1 is 1.31 bits per heavy atom. The fourth-order valence-corrected chi connectivity index (χ4v) is 1.14. The Labute approximate surface area is 83.0 Å². The zero-order valence-corrected chi connectivity index (χ0v) is 8.00. The maximum atomic E-state index is 10.4. The molecule has 1 aromatic carbocycles. The number of allylic oxidation sites excluding steroid dienone is 1. The molecule has 0 saturated heterocycles. The first-order valence-corrected chi connectivity index (χ1v) is 4.68. The molecule has 0 amide bonds. The quantitative estimate of drug-likeness (QED) is 0.532. The first kappa shape index (κ1) is 10.0. The molecule has 0 heterocycles. The highest BCUT2D eigenvalue weighted by Crippen LogP contribution is 2.05. The number of carbonyl (C=O) groups is 1. The van der Waals surface area contributed by atoms with Gasteiger partial charge in [0.1, 0.15) is 6.29 Å². The fraction of sp³-hybridized carbons (Fsp3) is 0.182. The van der Waals surface area contributed by atoms with Crippen LogP contribution in [0.1, 0.15) is 22.3 Å². The van der Waals surface area contributed by atoms with E-state index in [9.17, 15) is 4.79 Å². The van der Waals surface area contributed by atoms with Crippen molar-refractivity contribution in [1.29, 1.82) is 0 Å². The van der Waals surface area contributed by atoms with Gasteiger partial charge in [0.2, 0.25) is 0 Å². The van der Waals surface area contributed by atoms with Gasteiger partial charge in [0.15, 0.2) is 0 Å². The van der Waals surface area contributed by atoms with Crippen molar-refractivity contribution in [3.8, 4) is 0 Å². The smallest absolute Gasteiger partial charge is 0.150 e. The average Bonchev–Trinajstić information content (AvgIpc) is 2.19. The van der Waals surface area contributed by atoms with Crippen molar-refractivity contribution in [2.75, 3.05) is 5.88 Å². The number of hydrogen-bond donors (Lipinski definition) is 0. The van der Waals surface area contributed by atoms with Crippen molar-refractivity contribution in [3.05, 3.63) is 41.5 Å². The molecule has 0 fully saturated rings. The summed E-state index contributed by atoms with van der Waals surface area (Å²) < 4.78 is 0. The largest absolute Gasteiger partial charge is 0.298 e. The van der Waals surface area contributed by atoms with Crippen LogP contribution in [0, 0.1) is 0 Å². The Morgan fingerprint density at radius 3 is 2.77 bits per heavy atom. The fourth-order valence-electron chi connectivity index (χ4n) is 1.02. The number of hydrogen-bond acceptors (Lipinski definition) is 1. The molecule has 0 bridgehead atoms. The van der Waals surface area contributed by atoms with E-state index in [1.165, 1.54) is 0 Å². The number of benzene rings is 1. The van der Waals surface area contributed by atoms with Gasteiger partial charge in [-0.1, -0.05) is 30.4 Å². The lowest BCUT2D eigenvalue weighted by molar-refractivity contribution is 0.112. The van der Waals surface area contributed by atoms with Crippen LogP contribution in [0.2, 0.25) is 0 Å². The SMILES string of the molecule is O=Cc1cccc(C=CCCCl)c1. The monoisotopic (exact) mass is 194 g/mol. The first-order chi connectivity index (χ1) is 6.36. The van der Waals surface area contributed by atoms with Gasteiger partial charge < -0.3 is 0 Å². The number of carbonyl (C=O) groups excluding carboxylic acids is 1. The van der Waals surface area contributed by atoms with Crippen molar-refractivity contribution in [2.45, 2.75) is 6.42 Å². The van der Waals surface area contributed by atoms with Crippen molar-refractivity contribution in [3.63, 3.8) is 0 Å². The summed E-state index contributed by atoms with van der Waals surface area (Å²) in [7, 11) is 0. The van der Waals surface area contributed by atoms with Crippen LogP contribution in [0.3, 0.4) is 0 Å². The highest BCUT2D eigenvalue weighted by atomic mass is 35.5. The number of aldehydes is 1. The summed E-state index contributed by atoms with van der Waals surface area (Å²) in [5.41, 5.74) is 1.74. The van der Waals surface area contributed by atoms with E-state index in [0.717, 1.165) is 18.3 Å². The normalized spacial score (nSPS) is 10.5. The van der Waals surface area contributed by atoms with Gasteiger partial charge in [-0.05, 0) is 18.1 Å². The van der Waals surface area contributed by atoms with Gasteiger partial charge in [0.25, 0.3) is 0 Å². The van der Waals surface area contributed by atoms with E-state index in [0.29, 0.717) is 11.4 Å². The zero-order chi connectivity index (χ0) is 9.52. The number of halogens is 1. The van der Waals surface area contributed by atoms with E-state index in [-0.39, 0.29) is 0 Å². The molecule has 1 aromatic rings. The van der Waals surface area contributed by atoms with Gasteiger partial charge in [-0.3, -0.25) is 4.79 Å². The molecule has 0 N–H and O–H groups in total. The molecule has 0 saturated carbocycles. The molecule has 0 aliphatic rings. The minimum Gasteiger partial charge on any atom is -0.298 e. The molecular weight excluding hydrogens is 184 g/mol. The second kappa shape index (κ2) is 5.55. The summed E-state index contributed by atoms with van der Waals surface area (Å²) in [6, 6.07) is 7.45. The Morgan fingerprint density at radius 2 is 2.08 bits per heavy atom. The van der Waals surface area contributed by atoms with Gasteiger partial charge in [-0.25, -0.2) is 0 Å². The zero-order valence-electron chi connectivity index (χ0n) is 7.24. The molecule has 1 nitrogen and oxygen atoms in total. The van der Waals surface area contributed by atoms with E-state index in [1.807, 2.05) is 30.4 Å². The van der Waals surface area contributed by atoms with Gasteiger partial charge in [0, 0.05) is 11.4 Å². The van der Waals surface area contributed by atoms with Crippen LogP contribution in [0.15, 0.2) is 30.3 Å². The number of rotatable bonds is 4. The molecule has 0 atom stereocenters. The lowest BCUT2D eigenvalue weighted by atomic mass is 10.1. The molecule has 0 aliphatic heterocycles. The minimum atomic E-state index is 0.629. The van der Waals surface area contributed by atoms with Gasteiger partial charge in [0.05, 0.1) is 0 Å². The third-order valence-electron chi connectivity index (χ3n) is 1.63. The van der Waals surface area contributed by atoms with Crippen molar-refractivity contribution in [1.82, 2.24) is 0 Å². The van der Waals surface area contributed by atoms with E-state index in [1.54, 1.807) is 6.07 Å². The third kappa shape index (κ3) is 3.43. The van der Waals surface area contributed by atoms with Crippen LogP contribution in [-0.2, 0) is 0 Å². The summed E-state index contributed by atoms with van der Waals surface area (Å²) in [5.74, 6) is 0.629. The summed E-state index contributed by atoms with van der Waals surface area (Å²) in [6.45, 7) is 0. The molecule has 0 radical (unpaired) electrons. The first-order valence-electron chi connectivity index (χ1n) is 4.14. The lowest BCUT2D eigenvalue weighted by Crippen LogP contribution is -1.79. The van der Waals surface area contributed by atoms with Crippen molar-refractivity contribution in [2.24, 2.45) is 0 Å². The van der Waals surface area contributed by atoms with Crippen LogP contribution in [0.4, 0.5) is 0 Å². The summed E-state index contributed by atoms with van der Waals surface area (Å²) in [4.78, 5) is 10.4. The minimum absolute atomic E-state index is 0.629. The van der Waals surface area contributed by atoms with Crippen LogP contribution in [0.25, 0.3) is 6.08 Å². The summed E-state index contributed by atoms with van der Waals surface area (Å²) >= 11 is 5.52. The Kier molecular flexibility index (Phi) is 4.27. The summed E-state index contributed by atoms with van der Waals surface area (Å²) in [5, 5.41) is 0. The molecule has 0 aromatic heterocycles. The molecule has 68 valence electrons. The highest BCUT2D eigenvalue weighted by Gasteiger charge is 1.89. The van der Waals surface area contributed by atoms with E-state index >= 15 is 0 Å². The van der Waals surface area contributed by atoms with Crippen LogP contribution in [0.5, 0.6) is 0 Å². The lowest BCUT2D eigenvalue weighted by Gasteiger charge is -1.93. The van der Waals surface area contributed by atoms with E-state index in [4.69, 9.17) is 11.6 Å². The van der Waals surface area contributed by atoms with Crippen LogP contribution in [-0.4, -0.2) is 12.2 Å². The van der Waals surface area contributed by atoms with Gasteiger partial charge in [-0.15, -0.1) is 11.6 Å². The standard InChI is InChI=1S/C11H11ClO/c12-7-2-1-4-10-5-3-6-11(8-10)9-13/h1,3-6,8-9H,2,7H2. The molecule has 2 heteroatoms. The van der Waals surface area contributed by atoms with Crippen LogP contribution >= 0.6 is 11.6 Å². The molecule has 0 aliphatic carbocycles. The second-order valence-corrected chi connectivity index (χ2v) is 3.05. The Hall–Kier alpha value is -1.08. The highest BCUT2D eigenvalue weighted by molar-refractivity contribution is 6.17. The maximum absolute atomic E-state index is 10.4. The average molecular weight is 195 g/mol. The predicted octanol–water partition coefficient (Wildman–Crippen LogP) is 3.14. The molecule has 13 heavy (non-hydrogen) atoms. The topological polar surface area (TPSA) is 17.1 Å². The molecule has 0 unspecified atom stereocenters. The van der Waals surface area contributed by atoms with Gasteiger partial charge in [-0.2, -0.15) is 0 Å². The van der Waals surface area contributed by atoms with Crippen molar-refractivity contribution < 1.29 is 4.79 Å². The van der Waals surface area contributed by atoms with E-state index in [2.05, 4.69) is 0 Å². The summed E-state index contributed by atoms with van der Waals surface area (Å²) in [6.07, 6.45) is 5.66. The van der Waals surface area contributed by atoms with E-state index < -0.39 is 0 Å². The van der Waals surface area contributed by atoms with Crippen molar-refractivity contribution >= 4 is 24.0 Å². The predicted molar refractivity (Wildman–Crippen MR) is 56.2 cm³/mol. The Balaban J connectivity index is 2.71. The maximum Gasteiger partial charge on any atom is 0.150 e. The van der Waals surface area contributed by atoms with Gasteiger partial charge >= 0.3 is 0 Å². The molecule has 1 rings (SSSR count). The van der Waals surface area contributed by atoms with Crippen LogP contribution < -0.4 is 0 Å². The second-order valence-electron chi connectivity index (χ2n) is 2.67.